The van der Waals surface area contributed by atoms with Gasteiger partial charge < -0.3 is 0 Å². The Labute approximate surface area is 161 Å². The molecule has 178 valence electrons. The van der Waals surface area contributed by atoms with Crippen molar-refractivity contribution < 1.29 is 57.1 Å². The van der Waals surface area contributed by atoms with E-state index in [4.69, 9.17) is 0 Å². The Balaban J connectivity index is 0. The summed E-state index contributed by atoms with van der Waals surface area (Å²) in [5, 5.41) is 0. The summed E-state index contributed by atoms with van der Waals surface area (Å²) in [6, 6.07) is 0. The van der Waals surface area contributed by atoms with Crippen molar-refractivity contribution in [3.05, 3.63) is 5.92 Å². The Hall–Kier alpha value is -0.680. The largest absolute Gasteiger partial charge is 0.456 e. The predicted octanol–water partition coefficient (Wildman–Crippen LogP) is 4.55. The molecule has 0 unspecified atom stereocenters. The number of hydrogen-bond acceptors (Lipinski definition) is 3. The lowest BCUT2D eigenvalue weighted by molar-refractivity contribution is -0.374. The molecule has 0 radical (unpaired) electrons. The molecule has 17 heteroatoms. The molecule has 0 atom stereocenters. The maximum atomic E-state index is 12.4. The topological polar surface area (TPSA) is 9.72 Å². The summed E-state index contributed by atoms with van der Waals surface area (Å²) in [5.41, 5.74) is 0. The maximum Gasteiger partial charge on any atom is 0.456 e. The van der Waals surface area contributed by atoms with Crippen molar-refractivity contribution in [1.29, 1.82) is 0 Å². The molecule has 29 heavy (non-hydrogen) atoms. The van der Waals surface area contributed by atoms with Gasteiger partial charge in [-0.1, -0.05) is 12.9 Å². The molecule has 0 saturated carbocycles. The zero-order chi connectivity index (χ0) is 24.4. The molecule has 0 aromatic heterocycles. The minimum atomic E-state index is -7.54. The van der Waals surface area contributed by atoms with E-state index in [-0.39, 0.29) is 11.5 Å². The molecule has 0 aliphatic rings. The number of hydrogen-bond donors (Lipinski definition) is 0. The summed E-state index contributed by atoms with van der Waals surface area (Å²) in [5.74, 6) is -20.2. The van der Waals surface area contributed by atoms with Gasteiger partial charge in [0.1, 0.15) is 0 Å². The van der Waals surface area contributed by atoms with Gasteiger partial charge >= 0.3 is 12.1 Å². The predicted molar refractivity (Wildman–Crippen MR) is 79.7 cm³/mol. The SMILES string of the molecule is CN(C)[S+](N(C)C)N(C)C.FC(F)(F)[C-](C(F)(F)F)C(F)(F)C(F)(F)C(F)(F)F. The second-order valence-electron chi connectivity index (χ2n) is 5.70. The maximum absolute atomic E-state index is 12.4. The fourth-order valence-electron chi connectivity index (χ4n) is 1.83. The van der Waals surface area contributed by atoms with Crippen LogP contribution in [0.15, 0.2) is 0 Å². The molecule has 0 fully saturated rings. The van der Waals surface area contributed by atoms with Crippen molar-refractivity contribution in [2.75, 3.05) is 42.3 Å². The van der Waals surface area contributed by atoms with Gasteiger partial charge in [-0.3, -0.25) is 0 Å². The number of alkyl halides is 13. The standard InChI is InChI=1S/C6F13.C6H18N3S/c7-2(8,5(15,16)6(17,18)19)1(3(9,10)11)4(12,13)14;1-7(2)10(8(3)4)9(5)6/h;1-6H3/q-1;+1. The van der Waals surface area contributed by atoms with Crippen LogP contribution in [-0.2, 0) is 11.5 Å². The third kappa shape index (κ3) is 7.82. The molecule has 0 spiro atoms. The first-order chi connectivity index (χ1) is 12.3. The Bertz CT molecular complexity index is 464. The van der Waals surface area contributed by atoms with Gasteiger partial charge in [0.15, 0.2) is 0 Å². The fraction of sp³-hybridized carbons (Fsp3) is 0.917. The number of nitrogens with zero attached hydrogens (tertiary/aromatic N) is 3. The van der Waals surface area contributed by atoms with Gasteiger partial charge in [-0.2, -0.15) is 22.0 Å². The van der Waals surface area contributed by atoms with E-state index in [1.807, 2.05) is 0 Å². The molecular weight excluding hydrogens is 465 g/mol. The van der Waals surface area contributed by atoms with Crippen molar-refractivity contribution in [3.8, 4) is 0 Å². The first-order valence-corrected chi connectivity index (χ1v) is 8.03. The number of halogens is 13. The monoisotopic (exact) mass is 483 g/mol. The summed E-state index contributed by atoms with van der Waals surface area (Å²) < 4.78 is 160. The van der Waals surface area contributed by atoms with Crippen LogP contribution >= 0.6 is 0 Å². The van der Waals surface area contributed by atoms with Gasteiger partial charge in [0, 0.05) is 42.3 Å². The lowest BCUT2D eigenvalue weighted by atomic mass is 9.94. The molecule has 0 aromatic rings. The molecule has 3 nitrogen and oxygen atoms in total. The highest BCUT2D eigenvalue weighted by molar-refractivity contribution is 7.90. The van der Waals surface area contributed by atoms with Crippen LogP contribution in [0.2, 0.25) is 0 Å². The quantitative estimate of drug-likeness (QED) is 0.323. The molecule has 0 heterocycles. The van der Waals surface area contributed by atoms with Crippen LogP contribution < -0.4 is 0 Å². The molecule has 0 amide bonds. The lowest BCUT2D eigenvalue weighted by Gasteiger charge is -2.45. The van der Waals surface area contributed by atoms with Crippen LogP contribution in [0.3, 0.4) is 0 Å². The second kappa shape index (κ2) is 9.64. The second-order valence-corrected chi connectivity index (χ2v) is 8.38. The molecule has 0 aromatic carbocycles. The van der Waals surface area contributed by atoms with Crippen molar-refractivity contribution in [2.24, 2.45) is 0 Å². The molecular formula is C12H18F13N3S. The van der Waals surface area contributed by atoms with E-state index in [0.717, 1.165) is 0 Å². The van der Waals surface area contributed by atoms with Crippen LogP contribution in [0.25, 0.3) is 0 Å². The van der Waals surface area contributed by atoms with Gasteiger partial charge in [-0.25, -0.2) is 35.1 Å². The van der Waals surface area contributed by atoms with Crippen molar-refractivity contribution >= 4 is 11.5 Å². The van der Waals surface area contributed by atoms with Crippen LogP contribution in [0.4, 0.5) is 57.1 Å². The van der Waals surface area contributed by atoms with E-state index < -0.39 is 36.3 Å². The zero-order valence-corrected chi connectivity index (χ0v) is 16.5. The fourth-order valence-corrected chi connectivity index (χ4v) is 3.79. The molecule has 0 saturated heterocycles. The highest BCUT2D eigenvalue weighted by atomic mass is 32.2. The average Bonchev–Trinajstić information content (AvgIpc) is 2.30. The third-order valence-electron chi connectivity index (χ3n) is 2.61. The molecule has 0 aliphatic carbocycles. The lowest BCUT2D eigenvalue weighted by Crippen LogP contribution is -2.61. The summed E-state index contributed by atoms with van der Waals surface area (Å²) in [6.45, 7) is 0. The normalized spacial score (nSPS) is 14.9. The Morgan fingerprint density at radius 2 is 0.759 bits per heavy atom. The minimum Gasteiger partial charge on any atom is -0.236 e. The first kappa shape index (κ1) is 30.5. The van der Waals surface area contributed by atoms with E-state index in [9.17, 15) is 57.1 Å². The Morgan fingerprint density at radius 3 is 0.862 bits per heavy atom. The molecule has 0 rings (SSSR count). The zero-order valence-electron chi connectivity index (χ0n) is 15.7. The average molecular weight is 483 g/mol. The highest BCUT2D eigenvalue weighted by Crippen LogP contribution is 2.58. The van der Waals surface area contributed by atoms with Crippen molar-refractivity contribution in [3.63, 3.8) is 0 Å². The van der Waals surface area contributed by atoms with Gasteiger partial charge in [0.05, 0.1) is 0 Å². The van der Waals surface area contributed by atoms with E-state index >= 15 is 0 Å². The van der Waals surface area contributed by atoms with E-state index in [1.165, 1.54) is 0 Å². The smallest absolute Gasteiger partial charge is 0.236 e. The van der Waals surface area contributed by atoms with Gasteiger partial charge in [0.25, 0.3) is 23.8 Å². The molecule has 0 bridgehead atoms. The van der Waals surface area contributed by atoms with Gasteiger partial charge in [-0.05, 0) is 5.92 Å². The summed E-state index contributed by atoms with van der Waals surface area (Å²) >= 11 is 0.120. The van der Waals surface area contributed by atoms with Crippen LogP contribution in [-0.4, -0.2) is 85.6 Å². The van der Waals surface area contributed by atoms with E-state index in [2.05, 4.69) is 55.2 Å². The first-order valence-electron chi connectivity index (χ1n) is 6.94. The van der Waals surface area contributed by atoms with Crippen LogP contribution in [0, 0.1) is 5.92 Å². The number of rotatable bonds is 5. The highest BCUT2D eigenvalue weighted by Gasteiger charge is 2.75. The summed E-state index contributed by atoms with van der Waals surface area (Å²) in [4.78, 5) is 0. The van der Waals surface area contributed by atoms with Crippen molar-refractivity contribution in [2.45, 2.75) is 30.4 Å². The van der Waals surface area contributed by atoms with Crippen LogP contribution in [0.1, 0.15) is 0 Å². The van der Waals surface area contributed by atoms with E-state index in [0.29, 0.717) is 0 Å². The van der Waals surface area contributed by atoms with E-state index in [1.54, 1.807) is 0 Å². The van der Waals surface area contributed by atoms with Crippen LogP contribution in [0.5, 0.6) is 0 Å². The summed E-state index contributed by atoms with van der Waals surface area (Å²) in [6.07, 6.45) is -21.6. The molecule has 0 N–H and O–H groups in total. The summed E-state index contributed by atoms with van der Waals surface area (Å²) in [7, 11) is 12.5. The Kier molecular flexibility index (Phi) is 10.1. The van der Waals surface area contributed by atoms with Gasteiger partial charge in [-0.15, -0.1) is 0 Å². The third-order valence-corrected chi connectivity index (χ3v) is 4.57. The molecule has 0 aliphatic heterocycles. The van der Waals surface area contributed by atoms with Crippen molar-refractivity contribution in [1.82, 2.24) is 12.9 Å². The Morgan fingerprint density at radius 1 is 0.517 bits per heavy atom. The van der Waals surface area contributed by atoms with Gasteiger partial charge in [0.2, 0.25) is 5.92 Å². The minimum absolute atomic E-state index is 0.120.